The molecule has 0 bridgehead atoms. The van der Waals surface area contributed by atoms with E-state index in [1.165, 1.54) is 12.1 Å². The van der Waals surface area contributed by atoms with Gasteiger partial charge in [-0.1, -0.05) is 6.07 Å². The van der Waals surface area contributed by atoms with Crippen molar-refractivity contribution in [3.8, 4) is 11.5 Å². The summed E-state index contributed by atoms with van der Waals surface area (Å²) >= 11 is 0. The van der Waals surface area contributed by atoms with E-state index >= 15 is 0 Å². The first-order chi connectivity index (χ1) is 12.9. The molecule has 1 N–H and O–H groups in total. The lowest BCUT2D eigenvalue weighted by Crippen LogP contribution is -2.26. The molecule has 0 fully saturated rings. The quantitative estimate of drug-likeness (QED) is 0.490. The van der Waals surface area contributed by atoms with Crippen LogP contribution in [0.4, 0.5) is 5.69 Å². The molecule has 0 saturated carbocycles. The molecule has 0 unspecified atom stereocenters. The predicted molar refractivity (Wildman–Crippen MR) is 101 cm³/mol. The average Bonchev–Trinajstić information content (AvgIpc) is 2.64. The number of ether oxygens (including phenoxy) is 2. The van der Waals surface area contributed by atoms with Crippen molar-refractivity contribution in [2.45, 2.75) is 25.2 Å². The fraction of sp³-hybridized carbons (Fsp3) is 0.333. The molecule has 0 radical (unpaired) electrons. The Morgan fingerprint density at radius 3 is 2.22 bits per heavy atom. The van der Waals surface area contributed by atoms with Gasteiger partial charge < -0.3 is 9.47 Å². The highest BCUT2D eigenvalue weighted by molar-refractivity contribution is 7.89. The van der Waals surface area contributed by atoms with Crippen LogP contribution in [0.5, 0.6) is 11.5 Å². The largest absolute Gasteiger partial charge is 0.490 e. The molecule has 146 valence electrons. The van der Waals surface area contributed by atoms with Gasteiger partial charge in [-0.3, -0.25) is 10.1 Å². The minimum Gasteiger partial charge on any atom is -0.490 e. The zero-order valence-corrected chi connectivity index (χ0v) is 16.0. The lowest BCUT2D eigenvalue weighted by atomic mass is 10.1. The van der Waals surface area contributed by atoms with Crippen molar-refractivity contribution in [3.05, 3.63) is 58.1 Å². The van der Waals surface area contributed by atoms with E-state index in [1.807, 2.05) is 26.0 Å². The summed E-state index contributed by atoms with van der Waals surface area (Å²) in [5.41, 5.74) is 0.736. The SMILES string of the molecule is CCOc1ccc(CCNS(=O)(=O)c2ccc([N+](=O)[O-])cc2)cc1OCC. The summed E-state index contributed by atoms with van der Waals surface area (Å²) in [6.45, 7) is 4.96. The van der Waals surface area contributed by atoms with E-state index in [0.717, 1.165) is 17.7 Å². The molecule has 2 aromatic carbocycles. The normalized spacial score (nSPS) is 11.2. The second-order valence-electron chi connectivity index (χ2n) is 5.55. The van der Waals surface area contributed by atoms with Crippen LogP contribution in [-0.4, -0.2) is 33.1 Å². The lowest BCUT2D eigenvalue weighted by Gasteiger charge is -2.12. The number of nitro benzene ring substituents is 1. The monoisotopic (exact) mass is 394 g/mol. The molecule has 0 aliphatic heterocycles. The zero-order valence-electron chi connectivity index (χ0n) is 15.2. The molecule has 0 aliphatic carbocycles. The van der Waals surface area contributed by atoms with E-state index in [4.69, 9.17) is 9.47 Å². The summed E-state index contributed by atoms with van der Waals surface area (Å²) in [4.78, 5) is 10.1. The topological polar surface area (TPSA) is 108 Å². The Labute approximate surface area is 158 Å². The fourth-order valence-electron chi connectivity index (χ4n) is 2.41. The number of nitro groups is 1. The van der Waals surface area contributed by atoms with Crippen LogP contribution in [0.25, 0.3) is 0 Å². The third-order valence-electron chi connectivity index (χ3n) is 3.67. The Balaban J connectivity index is 2.02. The second kappa shape index (κ2) is 9.33. The highest BCUT2D eigenvalue weighted by Crippen LogP contribution is 2.28. The van der Waals surface area contributed by atoms with Crippen LogP contribution in [0, 0.1) is 10.1 Å². The summed E-state index contributed by atoms with van der Waals surface area (Å²) in [5, 5.41) is 10.7. The van der Waals surface area contributed by atoms with Crippen LogP contribution < -0.4 is 14.2 Å². The number of nitrogens with one attached hydrogen (secondary N) is 1. The summed E-state index contributed by atoms with van der Waals surface area (Å²) < 4.78 is 38.1. The van der Waals surface area contributed by atoms with Gasteiger partial charge in [0.25, 0.3) is 5.69 Å². The Bertz CT molecular complexity index is 881. The summed E-state index contributed by atoms with van der Waals surface area (Å²) in [7, 11) is -3.74. The third kappa shape index (κ3) is 5.66. The summed E-state index contributed by atoms with van der Waals surface area (Å²) in [5.74, 6) is 1.27. The number of rotatable bonds is 10. The van der Waals surface area contributed by atoms with Crippen molar-refractivity contribution < 1.29 is 22.8 Å². The zero-order chi connectivity index (χ0) is 19.9. The summed E-state index contributed by atoms with van der Waals surface area (Å²) in [6.07, 6.45) is 0.457. The summed E-state index contributed by atoms with van der Waals surface area (Å²) in [6, 6.07) is 10.2. The maximum atomic E-state index is 12.3. The van der Waals surface area contributed by atoms with Crippen molar-refractivity contribution >= 4 is 15.7 Å². The van der Waals surface area contributed by atoms with Crippen LogP contribution in [0.15, 0.2) is 47.4 Å². The standard InChI is InChI=1S/C18H22N2O6S/c1-3-25-17-10-5-14(13-18(17)26-4-2)11-12-19-27(23,24)16-8-6-15(7-9-16)20(21)22/h5-10,13,19H,3-4,11-12H2,1-2H3. The Kier molecular flexibility index (Phi) is 7.14. The first-order valence-corrected chi connectivity index (χ1v) is 9.98. The van der Waals surface area contributed by atoms with Gasteiger partial charge in [-0.05, 0) is 50.1 Å². The van der Waals surface area contributed by atoms with Gasteiger partial charge in [0.2, 0.25) is 10.0 Å². The highest BCUT2D eigenvalue weighted by Gasteiger charge is 2.15. The predicted octanol–water partition coefficient (Wildman–Crippen LogP) is 2.91. The van der Waals surface area contributed by atoms with Crippen molar-refractivity contribution in [1.82, 2.24) is 4.72 Å². The molecule has 0 heterocycles. The molecule has 0 amide bonds. The Morgan fingerprint density at radius 2 is 1.63 bits per heavy atom. The average molecular weight is 394 g/mol. The number of hydrogen-bond acceptors (Lipinski definition) is 6. The maximum Gasteiger partial charge on any atom is 0.269 e. The molecule has 0 aliphatic rings. The van der Waals surface area contributed by atoms with Crippen LogP contribution in [0.1, 0.15) is 19.4 Å². The van der Waals surface area contributed by atoms with E-state index in [1.54, 1.807) is 6.07 Å². The van der Waals surface area contributed by atoms with Crippen molar-refractivity contribution in [1.29, 1.82) is 0 Å². The first kappa shape index (κ1) is 20.7. The Hall–Kier alpha value is -2.65. The van der Waals surface area contributed by atoms with Gasteiger partial charge >= 0.3 is 0 Å². The van der Waals surface area contributed by atoms with Gasteiger partial charge in [0, 0.05) is 18.7 Å². The van der Waals surface area contributed by atoms with Crippen LogP contribution in [-0.2, 0) is 16.4 Å². The second-order valence-corrected chi connectivity index (χ2v) is 7.31. The molecule has 0 atom stereocenters. The van der Waals surface area contributed by atoms with Crippen molar-refractivity contribution in [2.24, 2.45) is 0 Å². The van der Waals surface area contributed by atoms with Gasteiger partial charge in [-0.15, -0.1) is 0 Å². The van der Waals surface area contributed by atoms with Crippen LogP contribution in [0.3, 0.4) is 0 Å². The van der Waals surface area contributed by atoms with E-state index in [2.05, 4.69) is 4.72 Å². The van der Waals surface area contributed by atoms with Gasteiger partial charge in [0.15, 0.2) is 11.5 Å². The molecule has 2 rings (SSSR count). The number of sulfonamides is 1. The maximum absolute atomic E-state index is 12.3. The number of hydrogen-bond donors (Lipinski definition) is 1. The molecule has 9 heteroatoms. The molecular weight excluding hydrogens is 372 g/mol. The molecular formula is C18H22N2O6S. The lowest BCUT2D eigenvalue weighted by molar-refractivity contribution is -0.384. The molecule has 0 spiro atoms. The number of nitrogens with zero attached hydrogens (tertiary/aromatic N) is 1. The van der Waals surface area contributed by atoms with Gasteiger partial charge in [-0.25, -0.2) is 13.1 Å². The minimum atomic E-state index is -3.74. The Morgan fingerprint density at radius 1 is 1.00 bits per heavy atom. The number of non-ortho nitro benzene ring substituents is 1. The molecule has 2 aromatic rings. The van der Waals surface area contributed by atoms with E-state index in [-0.39, 0.29) is 17.1 Å². The van der Waals surface area contributed by atoms with Crippen LogP contribution in [0.2, 0.25) is 0 Å². The van der Waals surface area contributed by atoms with Gasteiger partial charge in [0.05, 0.1) is 23.0 Å². The van der Waals surface area contributed by atoms with E-state index in [9.17, 15) is 18.5 Å². The molecule has 0 aromatic heterocycles. The van der Waals surface area contributed by atoms with Gasteiger partial charge in [0.1, 0.15) is 0 Å². The van der Waals surface area contributed by atoms with E-state index in [0.29, 0.717) is 31.1 Å². The van der Waals surface area contributed by atoms with Crippen LogP contribution >= 0.6 is 0 Å². The highest BCUT2D eigenvalue weighted by atomic mass is 32.2. The third-order valence-corrected chi connectivity index (χ3v) is 5.15. The number of benzene rings is 2. The van der Waals surface area contributed by atoms with Crippen molar-refractivity contribution in [3.63, 3.8) is 0 Å². The molecule has 27 heavy (non-hydrogen) atoms. The van der Waals surface area contributed by atoms with E-state index < -0.39 is 14.9 Å². The first-order valence-electron chi connectivity index (χ1n) is 8.50. The smallest absolute Gasteiger partial charge is 0.269 e. The minimum absolute atomic E-state index is 0.0187. The van der Waals surface area contributed by atoms with Crippen molar-refractivity contribution in [2.75, 3.05) is 19.8 Å². The fourth-order valence-corrected chi connectivity index (χ4v) is 3.44. The molecule has 8 nitrogen and oxygen atoms in total. The van der Waals surface area contributed by atoms with Gasteiger partial charge in [-0.2, -0.15) is 0 Å². The molecule has 0 saturated heterocycles.